The lowest BCUT2D eigenvalue weighted by molar-refractivity contribution is 0.0514. The Morgan fingerprint density at radius 1 is 1.40 bits per heavy atom. The van der Waals surface area contributed by atoms with Crippen LogP contribution in [-0.4, -0.2) is 12.6 Å². The van der Waals surface area contributed by atoms with Crippen LogP contribution in [0.3, 0.4) is 0 Å². The number of hydrogen-bond donors (Lipinski definition) is 0. The second-order valence-electron chi connectivity index (χ2n) is 2.56. The van der Waals surface area contributed by atoms with Gasteiger partial charge < -0.3 is 4.74 Å². The fraction of sp³-hybridized carbons (Fsp3) is 0.222. The Hall–Kier alpha value is -1.23. The summed E-state index contributed by atoms with van der Waals surface area (Å²) >= 11 is 5.17. The molecule has 15 heavy (non-hydrogen) atoms. The Kier molecular flexibility index (Phi) is 3.57. The highest BCUT2D eigenvalue weighted by Gasteiger charge is 2.24. The fourth-order valence-corrected chi connectivity index (χ4v) is 1.14. The monoisotopic (exact) mass is 238 g/mol. The van der Waals surface area contributed by atoms with E-state index in [1.165, 1.54) is 6.92 Å². The molecule has 1 rings (SSSR count). The molecule has 0 bridgehead atoms. The smallest absolute Gasteiger partial charge is 0.344 e. The van der Waals surface area contributed by atoms with E-state index in [-0.39, 0.29) is 6.61 Å². The summed E-state index contributed by atoms with van der Waals surface area (Å²) in [4.78, 5) is 11.0. The molecule has 0 N–H and O–H groups in total. The van der Waals surface area contributed by atoms with Crippen molar-refractivity contribution in [1.29, 1.82) is 0 Å². The average Bonchev–Trinajstić information content (AvgIpc) is 2.15. The third kappa shape index (κ3) is 2.23. The number of carbonyl (C=O) groups is 1. The summed E-state index contributed by atoms with van der Waals surface area (Å²) in [5.41, 5.74) is -1.07. The van der Waals surface area contributed by atoms with Crippen molar-refractivity contribution in [3.63, 3.8) is 0 Å². The first-order valence-corrected chi connectivity index (χ1v) is 4.37. The van der Waals surface area contributed by atoms with Gasteiger partial charge in [0.2, 0.25) is 0 Å². The topological polar surface area (TPSA) is 26.3 Å². The van der Waals surface area contributed by atoms with E-state index < -0.39 is 34.0 Å². The van der Waals surface area contributed by atoms with Crippen LogP contribution in [0.4, 0.5) is 13.2 Å². The van der Waals surface area contributed by atoms with Gasteiger partial charge in [0.25, 0.3) is 0 Å². The van der Waals surface area contributed by atoms with Crippen LogP contribution >= 0.6 is 11.6 Å². The number of rotatable bonds is 2. The van der Waals surface area contributed by atoms with Crippen molar-refractivity contribution in [2.75, 3.05) is 6.61 Å². The van der Waals surface area contributed by atoms with E-state index in [1.54, 1.807) is 0 Å². The number of esters is 1. The zero-order valence-corrected chi connectivity index (χ0v) is 8.37. The van der Waals surface area contributed by atoms with Crippen LogP contribution in [0.25, 0.3) is 0 Å². The molecule has 2 nitrogen and oxygen atoms in total. The van der Waals surface area contributed by atoms with Gasteiger partial charge in [-0.15, -0.1) is 0 Å². The zero-order valence-electron chi connectivity index (χ0n) is 7.61. The molecule has 0 aliphatic carbocycles. The van der Waals surface area contributed by atoms with Gasteiger partial charge in [-0.25, -0.2) is 18.0 Å². The number of benzene rings is 1. The first kappa shape index (κ1) is 11.8. The van der Waals surface area contributed by atoms with Gasteiger partial charge in [-0.2, -0.15) is 0 Å². The fourth-order valence-electron chi connectivity index (χ4n) is 0.957. The summed E-state index contributed by atoms with van der Waals surface area (Å²) in [6, 6.07) is 0.520. The Morgan fingerprint density at radius 2 is 2.00 bits per heavy atom. The molecule has 82 valence electrons. The number of ether oxygens (including phenoxy) is 1. The van der Waals surface area contributed by atoms with Crippen LogP contribution in [-0.2, 0) is 4.74 Å². The lowest BCUT2D eigenvalue weighted by Gasteiger charge is -2.05. The van der Waals surface area contributed by atoms with Crippen molar-refractivity contribution in [1.82, 2.24) is 0 Å². The van der Waals surface area contributed by atoms with Crippen molar-refractivity contribution in [2.24, 2.45) is 0 Å². The van der Waals surface area contributed by atoms with Gasteiger partial charge in [-0.1, -0.05) is 11.6 Å². The summed E-state index contributed by atoms with van der Waals surface area (Å²) in [7, 11) is 0. The molecule has 0 aromatic heterocycles. The molecule has 0 unspecified atom stereocenters. The molecule has 0 aliphatic heterocycles. The van der Waals surface area contributed by atoms with Crippen molar-refractivity contribution in [2.45, 2.75) is 6.92 Å². The molecule has 0 fully saturated rings. The highest BCUT2D eigenvalue weighted by molar-refractivity contribution is 6.30. The minimum absolute atomic E-state index is 0.0675. The van der Waals surface area contributed by atoms with Crippen LogP contribution in [0.5, 0.6) is 0 Å². The molecular formula is C9H6ClF3O2. The van der Waals surface area contributed by atoms with E-state index in [2.05, 4.69) is 4.74 Å². The molecule has 6 heteroatoms. The molecule has 0 radical (unpaired) electrons. The second kappa shape index (κ2) is 4.53. The quantitative estimate of drug-likeness (QED) is 0.450. The lowest BCUT2D eigenvalue weighted by atomic mass is 10.2. The average molecular weight is 239 g/mol. The van der Waals surface area contributed by atoms with Gasteiger partial charge in [0.1, 0.15) is 11.4 Å². The standard InChI is InChI=1S/C9H6ClF3O2/c1-2-15-9(14)6-5(11)3-4(10)7(12)8(6)13/h3H,2H2,1H3. The molecular weight excluding hydrogens is 233 g/mol. The van der Waals surface area contributed by atoms with E-state index >= 15 is 0 Å². The summed E-state index contributed by atoms with van der Waals surface area (Å²) in [6.07, 6.45) is 0. The molecule has 0 atom stereocenters. The summed E-state index contributed by atoms with van der Waals surface area (Å²) in [6.45, 7) is 1.39. The van der Waals surface area contributed by atoms with Crippen molar-refractivity contribution < 1.29 is 22.7 Å². The molecule has 0 amide bonds. The first-order valence-electron chi connectivity index (χ1n) is 3.99. The first-order chi connectivity index (χ1) is 6.99. The molecule has 1 aromatic rings. The van der Waals surface area contributed by atoms with Crippen LogP contribution in [0, 0.1) is 17.5 Å². The highest BCUT2D eigenvalue weighted by atomic mass is 35.5. The molecule has 0 saturated heterocycles. The third-order valence-corrected chi connectivity index (χ3v) is 1.87. The number of carbonyl (C=O) groups excluding carboxylic acids is 1. The number of halogens is 4. The zero-order chi connectivity index (χ0) is 11.6. The lowest BCUT2D eigenvalue weighted by Crippen LogP contribution is -2.11. The van der Waals surface area contributed by atoms with Crippen molar-refractivity contribution >= 4 is 17.6 Å². The molecule has 0 spiro atoms. The number of hydrogen-bond acceptors (Lipinski definition) is 2. The normalized spacial score (nSPS) is 10.2. The van der Waals surface area contributed by atoms with Crippen LogP contribution in [0.1, 0.15) is 17.3 Å². The SMILES string of the molecule is CCOC(=O)c1c(F)cc(Cl)c(F)c1F. The van der Waals surface area contributed by atoms with E-state index in [1.807, 2.05) is 0 Å². The minimum Gasteiger partial charge on any atom is -0.462 e. The minimum atomic E-state index is -1.64. The summed E-state index contributed by atoms with van der Waals surface area (Å²) < 4.78 is 43.4. The molecule has 0 heterocycles. The van der Waals surface area contributed by atoms with Gasteiger partial charge in [-0.05, 0) is 13.0 Å². The van der Waals surface area contributed by atoms with Gasteiger partial charge in [0.05, 0.1) is 11.6 Å². The van der Waals surface area contributed by atoms with E-state index in [4.69, 9.17) is 11.6 Å². The molecule has 1 aromatic carbocycles. The summed E-state index contributed by atoms with van der Waals surface area (Å²) in [5, 5.41) is -0.724. The summed E-state index contributed by atoms with van der Waals surface area (Å²) in [5.74, 6) is -5.63. The largest absolute Gasteiger partial charge is 0.462 e. The highest BCUT2D eigenvalue weighted by Crippen LogP contribution is 2.24. The third-order valence-electron chi connectivity index (χ3n) is 1.59. The van der Waals surface area contributed by atoms with Crippen LogP contribution in [0.2, 0.25) is 5.02 Å². The van der Waals surface area contributed by atoms with E-state index in [0.717, 1.165) is 0 Å². The van der Waals surface area contributed by atoms with Gasteiger partial charge in [0.15, 0.2) is 11.6 Å². The predicted octanol–water partition coefficient (Wildman–Crippen LogP) is 2.93. The Bertz CT molecular complexity index is 407. The maximum Gasteiger partial charge on any atom is 0.344 e. The second-order valence-corrected chi connectivity index (χ2v) is 2.97. The van der Waals surface area contributed by atoms with Crippen molar-refractivity contribution in [3.05, 3.63) is 34.1 Å². The van der Waals surface area contributed by atoms with Crippen LogP contribution < -0.4 is 0 Å². The molecule has 0 saturated carbocycles. The maximum absolute atomic E-state index is 13.1. The predicted molar refractivity (Wildman–Crippen MR) is 47.3 cm³/mol. The van der Waals surface area contributed by atoms with Gasteiger partial charge in [0, 0.05) is 0 Å². The van der Waals surface area contributed by atoms with Gasteiger partial charge >= 0.3 is 5.97 Å². The van der Waals surface area contributed by atoms with Gasteiger partial charge in [-0.3, -0.25) is 0 Å². The van der Waals surface area contributed by atoms with E-state index in [0.29, 0.717) is 6.07 Å². The van der Waals surface area contributed by atoms with Crippen molar-refractivity contribution in [3.8, 4) is 0 Å². The Labute approximate surface area is 88.6 Å². The van der Waals surface area contributed by atoms with Crippen LogP contribution in [0.15, 0.2) is 6.07 Å². The Balaban J connectivity index is 3.29. The maximum atomic E-state index is 13.1. The van der Waals surface area contributed by atoms with E-state index in [9.17, 15) is 18.0 Å². The molecule has 0 aliphatic rings. The Morgan fingerprint density at radius 3 is 2.53 bits per heavy atom.